The molecule has 18 heavy (non-hydrogen) atoms. The van der Waals surface area contributed by atoms with E-state index in [4.69, 9.17) is 5.73 Å². The highest BCUT2D eigenvalue weighted by atomic mass is 32.1. The Hall–Kier alpha value is -1.81. The smallest absolute Gasteiger partial charge is 0.196 e. The minimum Gasteiger partial charge on any atom is -0.383 e. The van der Waals surface area contributed by atoms with Crippen LogP contribution in [-0.2, 0) is 0 Å². The summed E-state index contributed by atoms with van der Waals surface area (Å²) in [5.74, 6) is 0.732. The van der Waals surface area contributed by atoms with Crippen molar-refractivity contribution >= 4 is 22.1 Å². The Bertz CT molecular complexity index is 720. The van der Waals surface area contributed by atoms with Crippen molar-refractivity contribution in [1.82, 2.24) is 9.38 Å². The van der Waals surface area contributed by atoms with Crippen molar-refractivity contribution < 1.29 is 0 Å². The Labute approximate surface area is 110 Å². The molecule has 0 fully saturated rings. The first-order chi connectivity index (χ1) is 8.58. The Morgan fingerprint density at radius 1 is 1.11 bits per heavy atom. The molecule has 0 saturated carbocycles. The second-order valence-corrected chi connectivity index (χ2v) is 5.75. The first-order valence-electron chi connectivity index (χ1n) is 5.89. The fraction of sp³-hybridized carbons (Fsp3) is 0.214. The summed E-state index contributed by atoms with van der Waals surface area (Å²) in [6.45, 7) is 6.25. The number of nitrogens with zero attached hydrogens (tertiary/aromatic N) is 2. The lowest BCUT2D eigenvalue weighted by Gasteiger charge is -2.01. The van der Waals surface area contributed by atoms with Gasteiger partial charge in [0.25, 0.3) is 0 Å². The zero-order valence-corrected chi connectivity index (χ0v) is 11.5. The maximum absolute atomic E-state index is 6.23. The predicted octanol–water partition coefficient (Wildman–Crippen LogP) is 3.57. The van der Waals surface area contributed by atoms with E-state index in [0.29, 0.717) is 0 Å². The van der Waals surface area contributed by atoms with Crippen molar-refractivity contribution in [2.45, 2.75) is 20.8 Å². The van der Waals surface area contributed by atoms with E-state index in [1.54, 1.807) is 11.3 Å². The molecular weight excluding hydrogens is 242 g/mol. The van der Waals surface area contributed by atoms with Gasteiger partial charge in [0.15, 0.2) is 4.96 Å². The van der Waals surface area contributed by atoms with Gasteiger partial charge in [-0.3, -0.25) is 4.40 Å². The van der Waals surface area contributed by atoms with Gasteiger partial charge in [0, 0.05) is 16.1 Å². The second kappa shape index (κ2) is 3.85. The molecular formula is C14H15N3S. The van der Waals surface area contributed by atoms with E-state index in [0.717, 1.165) is 22.0 Å². The summed E-state index contributed by atoms with van der Waals surface area (Å²) in [7, 11) is 0. The summed E-state index contributed by atoms with van der Waals surface area (Å²) in [4.78, 5) is 6.88. The van der Waals surface area contributed by atoms with Gasteiger partial charge >= 0.3 is 0 Å². The molecule has 0 atom stereocenters. The molecule has 0 spiro atoms. The van der Waals surface area contributed by atoms with E-state index in [9.17, 15) is 0 Å². The van der Waals surface area contributed by atoms with Crippen LogP contribution < -0.4 is 5.73 Å². The zero-order chi connectivity index (χ0) is 12.9. The van der Waals surface area contributed by atoms with Crippen molar-refractivity contribution in [1.29, 1.82) is 0 Å². The van der Waals surface area contributed by atoms with E-state index in [-0.39, 0.29) is 0 Å². The first-order valence-corrected chi connectivity index (χ1v) is 6.70. The standard InChI is InChI=1S/C14H15N3S/c1-8-4-6-11(7-5-8)12-13(15)17-9(2)10(3)18-14(17)16-12/h4-7H,15H2,1-3H3. The lowest BCUT2D eigenvalue weighted by Crippen LogP contribution is -1.95. The largest absolute Gasteiger partial charge is 0.383 e. The van der Waals surface area contributed by atoms with E-state index >= 15 is 0 Å². The minimum absolute atomic E-state index is 0.732. The molecule has 0 saturated heterocycles. The molecule has 0 bridgehead atoms. The SMILES string of the molecule is Cc1ccc(-c2nc3sc(C)c(C)n3c2N)cc1. The fourth-order valence-corrected chi connectivity index (χ4v) is 3.07. The van der Waals surface area contributed by atoms with Crippen LogP contribution in [0.25, 0.3) is 16.2 Å². The van der Waals surface area contributed by atoms with Crippen LogP contribution in [0.1, 0.15) is 16.1 Å². The third-order valence-electron chi connectivity index (χ3n) is 3.30. The van der Waals surface area contributed by atoms with Crippen molar-refractivity contribution in [2.24, 2.45) is 0 Å². The lowest BCUT2D eigenvalue weighted by atomic mass is 10.1. The molecule has 2 aromatic heterocycles. The number of fused-ring (bicyclic) bond motifs is 1. The first kappa shape index (κ1) is 11.3. The van der Waals surface area contributed by atoms with Gasteiger partial charge in [-0.1, -0.05) is 29.8 Å². The van der Waals surface area contributed by atoms with Crippen molar-refractivity contribution in [3.05, 3.63) is 40.4 Å². The molecule has 0 aliphatic carbocycles. The maximum Gasteiger partial charge on any atom is 0.196 e. The summed E-state index contributed by atoms with van der Waals surface area (Å²) in [5, 5.41) is 0. The summed E-state index contributed by atoms with van der Waals surface area (Å²) in [6, 6.07) is 8.31. The molecule has 0 amide bonds. The normalized spacial score (nSPS) is 11.3. The number of nitrogens with two attached hydrogens (primary N) is 1. The summed E-state index contributed by atoms with van der Waals surface area (Å²) in [5.41, 5.74) is 10.6. The van der Waals surface area contributed by atoms with Gasteiger partial charge in [-0.05, 0) is 20.8 Å². The number of nitrogen functional groups attached to an aromatic ring is 1. The van der Waals surface area contributed by atoms with E-state index in [2.05, 4.69) is 50.0 Å². The van der Waals surface area contributed by atoms with Crippen molar-refractivity contribution in [2.75, 3.05) is 5.73 Å². The number of benzene rings is 1. The van der Waals surface area contributed by atoms with Crippen LogP contribution in [-0.4, -0.2) is 9.38 Å². The molecule has 0 unspecified atom stereocenters. The number of hydrogen-bond acceptors (Lipinski definition) is 3. The van der Waals surface area contributed by atoms with Crippen LogP contribution in [0.15, 0.2) is 24.3 Å². The molecule has 0 aliphatic rings. The van der Waals surface area contributed by atoms with Gasteiger partial charge in [0.05, 0.1) is 0 Å². The van der Waals surface area contributed by atoms with Gasteiger partial charge < -0.3 is 5.73 Å². The maximum atomic E-state index is 6.23. The van der Waals surface area contributed by atoms with Crippen LogP contribution in [0.2, 0.25) is 0 Å². The fourth-order valence-electron chi connectivity index (χ4n) is 2.10. The number of rotatable bonds is 1. The van der Waals surface area contributed by atoms with Crippen LogP contribution >= 0.6 is 11.3 Å². The monoisotopic (exact) mass is 257 g/mol. The number of aromatic nitrogens is 2. The van der Waals surface area contributed by atoms with Gasteiger partial charge in [-0.15, -0.1) is 11.3 Å². The Morgan fingerprint density at radius 2 is 1.78 bits per heavy atom. The lowest BCUT2D eigenvalue weighted by molar-refractivity contribution is 1.12. The van der Waals surface area contributed by atoms with Crippen LogP contribution in [0, 0.1) is 20.8 Å². The molecule has 2 N–H and O–H groups in total. The van der Waals surface area contributed by atoms with E-state index in [1.807, 2.05) is 4.40 Å². The number of thiazole rings is 1. The van der Waals surface area contributed by atoms with E-state index < -0.39 is 0 Å². The number of hydrogen-bond donors (Lipinski definition) is 1. The summed E-state index contributed by atoms with van der Waals surface area (Å²) in [6.07, 6.45) is 0. The highest BCUT2D eigenvalue weighted by Crippen LogP contribution is 2.32. The second-order valence-electron chi connectivity index (χ2n) is 4.57. The Balaban J connectivity index is 2.24. The number of imidazole rings is 1. The molecule has 0 aliphatic heterocycles. The molecule has 0 radical (unpaired) electrons. The molecule has 3 rings (SSSR count). The Morgan fingerprint density at radius 3 is 2.39 bits per heavy atom. The highest BCUT2D eigenvalue weighted by molar-refractivity contribution is 7.17. The highest BCUT2D eigenvalue weighted by Gasteiger charge is 2.15. The van der Waals surface area contributed by atoms with Crippen molar-refractivity contribution in [3.8, 4) is 11.3 Å². The molecule has 3 aromatic rings. The zero-order valence-electron chi connectivity index (χ0n) is 10.7. The van der Waals surface area contributed by atoms with Crippen LogP contribution in [0.3, 0.4) is 0 Å². The average molecular weight is 257 g/mol. The third-order valence-corrected chi connectivity index (χ3v) is 4.35. The van der Waals surface area contributed by atoms with Crippen LogP contribution in [0.5, 0.6) is 0 Å². The van der Waals surface area contributed by atoms with Gasteiger partial charge in [0.1, 0.15) is 11.5 Å². The quantitative estimate of drug-likeness (QED) is 0.724. The molecule has 92 valence electrons. The summed E-state index contributed by atoms with van der Waals surface area (Å²) >= 11 is 1.68. The van der Waals surface area contributed by atoms with Gasteiger partial charge in [-0.2, -0.15) is 0 Å². The van der Waals surface area contributed by atoms with Crippen LogP contribution in [0.4, 0.5) is 5.82 Å². The summed E-state index contributed by atoms with van der Waals surface area (Å²) < 4.78 is 2.04. The Kier molecular flexibility index (Phi) is 2.41. The molecule has 2 heterocycles. The molecule has 3 nitrogen and oxygen atoms in total. The average Bonchev–Trinajstić information content (AvgIpc) is 2.80. The molecule has 1 aromatic carbocycles. The number of aryl methyl sites for hydroxylation is 3. The van der Waals surface area contributed by atoms with Crippen molar-refractivity contribution in [3.63, 3.8) is 0 Å². The number of anilines is 1. The van der Waals surface area contributed by atoms with Gasteiger partial charge in [-0.25, -0.2) is 4.98 Å². The third kappa shape index (κ3) is 1.53. The van der Waals surface area contributed by atoms with E-state index in [1.165, 1.54) is 16.1 Å². The predicted molar refractivity (Wildman–Crippen MR) is 77.1 cm³/mol. The topological polar surface area (TPSA) is 43.3 Å². The van der Waals surface area contributed by atoms with Gasteiger partial charge in [0.2, 0.25) is 0 Å². The molecule has 4 heteroatoms. The minimum atomic E-state index is 0.732.